The number of aliphatic hydroxyl groups is 1. The highest BCUT2D eigenvalue weighted by atomic mass is 16.2. The summed E-state index contributed by atoms with van der Waals surface area (Å²) in [5.41, 5.74) is 3.51. The molecule has 2 heteroatoms. The van der Waals surface area contributed by atoms with Crippen LogP contribution in [0.1, 0.15) is 5.56 Å². The molecule has 2 N–H and O–H groups in total. The Morgan fingerprint density at radius 2 is 1.82 bits per heavy atom. The van der Waals surface area contributed by atoms with Crippen molar-refractivity contribution >= 4 is 21.8 Å². The van der Waals surface area contributed by atoms with Crippen molar-refractivity contribution in [3.8, 4) is 0 Å². The van der Waals surface area contributed by atoms with Gasteiger partial charge in [-0.2, -0.15) is 0 Å². The number of para-hydroxylation sites is 2. The fourth-order valence-electron chi connectivity index (χ4n) is 2.28. The molecule has 0 unspecified atom stereocenters. The van der Waals surface area contributed by atoms with Gasteiger partial charge in [0.05, 0.1) is 11.8 Å². The number of aromatic nitrogens is 1. The smallest absolute Gasteiger partial charge is 0.0755 e. The van der Waals surface area contributed by atoms with Gasteiger partial charge < -0.3 is 10.1 Å². The first-order chi connectivity index (χ1) is 8.40. The van der Waals surface area contributed by atoms with Crippen LogP contribution < -0.4 is 0 Å². The Labute approximate surface area is 99.2 Å². The maximum atomic E-state index is 8.75. The van der Waals surface area contributed by atoms with Crippen LogP contribution in [-0.2, 0) is 6.42 Å². The minimum absolute atomic E-state index is 0.737. The first kappa shape index (κ1) is 9.97. The molecule has 0 spiro atoms. The van der Waals surface area contributed by atoms with Gasteiger partial charge in [0.15, 0.2) is 0 Å². The number of benzene rings is 2. The maximum Gasteiger partial charge on any atom is 0.0755 e. The van der Waals surface area contributed by atoms with Crippen LogP contribution in [0.3, 0.4) is 0 Å². The molecule has 0 saturated heterocycles. The van der Waals surface area contributed by atoms with Gasteiger partial charge in [0.2, 0.25) is 0 Å². The van der Waals surface area contributed by atoms with Crippen molar-refractivity contribution in [2.24, 2.45) is 0 Å². The number of aromatic amines is 1. The van der Waals surface area contributed by atoms with Crippen LogP contribution in [0.25, 0.3) is 21.8 Å². The zero-order chi connectivity index (χ0) is 11.7. The normalized spacial score (nSPS) is 11.8. The fraction of sp³-hybridized carbons (Fsp3) is 0.0667. The molecule has 0 atom stereocenters. The largest absolute Gasteiger partial charge is 0.516 e. The second-order valence-electron chi connectivity index (χ2n) is 4.10. The van der Waals surface area contributed by atoms with Crippen molar-refractivity contribution in [1.29, 1.82) is 0 Å². The van der Waals surface area contributed by atoms with Crippen molar-refractivity contribution < 1.29 is 5.11 Å². The summed E-state index contributed by atoms with van der Waals surface area (Å²) in [7, 11) is 0. The van der Waals surface area contributed by atoms with Crippen LogP contribution in [-0.4, -0.2) is 10.1 Å². The van der Waals surface area contributed by atoms with Gasteiger partial charge >= 0.3 is 0 Å². The molecule has 2 aromatic carbocycles. The molecule has 3 rings (SSSR count). The van der Waals surface area contributed by atoms with Gasteiger partial charge in [-0.1, -0.05) is 36.4 Å². The van der Waals surface area contributed by atoms with Crippen molar-refractivity contribution in [3.63, 3.8) is 0 Å². The lowest BCUT2D eigenvalue weighted by Gasteiger charge is -1.98. The highest BCUT2D eigenvalue weighted by Crippen LogP contribution is 2.27. The third kappa shape index (κ3) is 1.58. The second-order valence-corrected chi connectivity index (χ2v) is 4.10. The van der Waals surface area contributed by atoms with E-state index in [0.717, 1.165) is 23.7 Å². The molecule has 0 fully saturated rings. The first-order valence-corrected chi connectivity index (χ1v) is 5.67. The number of allylic oxidation sites excluding steroid dienone is 1. The van der Waals surface area contributed by atoms with E-state index in [1.807, 2.05) is 6.07 Å². The van der Waals surface area contributed by atoms with Gasteiger partial charge in [-0.25, -0.2) is 0 Å². The van der Waals surface area contributed by atoms with E-state index in [1.54, 1.807) is 6.08 Å². The van der Waals surface area contributed by atoms with Gasteiger partial charge in [0.1, 0.15) is 0 Å². The minimum atomic E-state index is 0.737. The zero-order valence-electron chi connectivity index (χ0n) is 9.35. The minimum Gasteiger partial charge on any atom is -0.516 e. The lowest BCUT2D eigenvalue weighted by Crippen LogP contribution is -1.83. The fourth-order valence-corrected chi connectivity index (χ4v) is 2.28. The number of aliphatic hydroxyl groups excluding tert-OH is 1. The van der Waals surface area contributed by atoms with Gasteiger partial charge in [0, 0.05) is 16.3 Å². The van der Waals surface area contributed by atoms with E-state index in [4.69, 9.17) is 5.11 Å². The van der Waals surface area contributed by atoms with Crippen LogP contribution in [0.4, 0.5) is 0 Å². The molecule has 0 saturated carbocycles. The topological polar surface area (TPSA) is 36.0 Å². The van der Waals surface area contributed by atoms with E-state index in [9.17, 15) is 0 Å². The Hall–Kier alpha value is -2.22. The van der Waals surface area contributed by atoms with Crippen LogP contribution in [0.15, 0.2) is 54.8 Å². The zero-order valence-corrected chi connectivity index (χ0v) is 9.35. The van der Waals surface area contributed by atoms with Crippen molar-refractivity contribution in [2.45, 2.75) is 6.42 Å². The van der Waals surface area contributed by atoms with Crippen molar-refractivity contribution in [2.75, 3.05) is 0 Å². The Morgan fingerprint density at radius 1 is 1.00 bits per heavy atom. The van der Waals surface area contributed by atoms with Crippen molar-refractivity contribution in [3.05, 3.63) is 60.4 Å². The van der Waals surface area contributed by atoms with Crippen LogP contribution in [0, 0.1) is 0 Å². The summed E-state index contributed by atoms with van der Waals surface area (Å²) < 4.78 is 0. The van der Waals surface area contributed by atoms with E-state index >= 15 is 0 Å². The van der Waals surface area contributed by atoms with E-state index in [-0.39, 0.29) is 0 Å². The predicted molar refractivity (Wildman–Crippen MR) is 71.3 cm³/mol. The molecular formula is C15H13NO. The molecule has 84 valence electrons. The summed E-state index contributed by atoms with van der Waals surface area (Å²) in [6.45, 7) is 0. The molecule has 0 aliphatic rings. The van der Waals surface area contributed by atoms with Crippen LogP contribution in [0.5, 0.6) is 0 Å². The van der Waals surface area contributed by atoms with Crippen LogP contribution >= 0.6 is 0 Å². The highest BCUT2D eigenvalue weighted by Gasteiger charge is 2.05. The summed E-state index contributed by atoms with van der Waals surface area (Å²) in [5.74, 6) is 0. The van der Waals surface area contributed by atoms with Crippen molar-refractivity contribution in [1.82, 2.24) is 4.98 Å². The predicted octanol–water partition coefficient (Wildman–Crippen LogP) is 3.94. The second kappa shape index (κ2) is 3.98. The Bertz CT molecular complexity index is 694. The lowest BCUT2D eigenvalue weighted by molar-refractivity contribution is 0.471. The highest BCUT2D eigenvalue weighted by molar-refractivity contribution is 6.08. The summed E-state index contributed by atoms with van der Waals surface area (Å²) in [5, 5.41) is 11.2. The van der Waals surface area contributed by atoms with E-state index in [2.05, 4.69) is 41.4 Å². The molecule has 17 heavy (non-hydrogen) atoms. The Balaban J connectivity index is 2.31. The van der Waals surface area contributed by atoms with E-state index in [0.29, 0.717) is 0 Å². The van der Waals surface area contributed by atoms with E-state index < -0.39 is 0 Å². The monoisotopic (exact) mass is 223 g/mol. The molecular weight excluding hydrogens is 210 g/mol. The van der Waals surface area contributed by atoms with Gasteiger partial charge in [-0.05, 0) is 24.1 Å². The standard InChI is InChI=1S/C15H13NO/c17-10-4-6-11-5-3-8-13-12-7-1-2-9-14(12)16-15(11)13/h1-5,7-10,16-17H,6H2. The van der Waals surface area contributed by atoms with Gasteiger partial charge in [-0.15, -0.1) is 0 Å². The molecule has 0 amide bonds. The summed E-state index contributed by atoms with van der Waals surface area (Å²) >= 11 is 0. The number of nitrogens with one attached hydrogen (secondary N) is 1. The molecule has 0 aliphatic heterocycles. The maximum absolute atomic E-state index is 8.75. The average Bonchev–Trinajstić information content (AvgIpc) is 2.75. The quantitative estimate of drug-likeness (QED) is 0.634. The summed E-state index contributed by atoms with van der Waals surface area (Å²) in [6, 6.07) is 14.6. The number of rotatable bonds is 2. The van der Waals surface area contributed by atoms with E-state index in [1.165, 1.54) is 16.3 Å². The SMILES string of the molecule is OC=CCc1cccc2c1[nH]c1ccccc12. The number of hydrogen-bond donors (Lipinski definition) is 2. The molecule has 0 bridgehead atoms. The molecule has 1 aromatic heterocycles. The lowest BCUT2D eigenvalue weighted by atomic mass is 10.1. The average molecular weight is 223 g/mol. The van der Waals surface area contributed by atoms with Gasteiger partial charge in [-0.3, -0.25) is 0 Å². The van der Waals surface area contributed by atoms with Gasteiger partial charge in [0.25, 0.3) is 0 Å². The number of H-pyrrole nitrogens is 1. The molecule has 0 radical (unpaired) electrons. The Morgan fingerprint density at radius 3 is 2.71 bits per heavy atom. The number of fused-ring (bicyclic) bond motifs is 3. The number of hydrogen-bond acceptors (Lipinski definition) is 1. The summed E-state index contributed by atoms with van der Waals surface area (Å²) in [6.07, 6.45) is 3.59. The molecule has 3 aromatic rings. The third-order valence-electron chi connectivity index (χ3n) is 3.07. The van der Waals surface area contributed by atoms with Crippen LogP contribution in [0.2, 0.25) is 0 Å². The third-order valence-corrected chi connectivity index (χ3v) is 3.07. The summed E-state index contributed by atoms with van der Waals surface area (Å²) in [4.78, 5) is 3.44. The molecule has 0 aliphatic carbocycles. The molecule has 1 heterocycles. The molecule has 2 nitrogen and oxygen atoms in total. The Kier molecular flexibility index (Phi) is 2.33. The first-order valence-electron chi connectivity index (χ1n) is 5.67.